The molecule has 0 aliphatic heterocycles. The molecule has 0 aliphatic carbocycles. The van der Waals surface area contributed by atoms with Crippen LogP contribution < -0.4 is 31.1 Å². The molecule has 6 atom stereocenters. The molecule has 0 aromatic rings. The van der Waals surface area contributed by atoms with E-state index in [9.17, 15) is 52.5 Å². The molecule has 0 fully saturated rings. The molecule has 0 radical (unpaired) electrons. The van der Waals surface area contributed by atoms with Gasteiger partial charge in [0, 0.05) is 51.6 Å². The fourth-order valence-electron chi connectivity index (χ4n) is 12.8. The second-order valence-electron chi connectivity index (χ2n) is 30.0. The fourth-order valence-corrected chi connectivity index (χ4v) is 14.3. The molecule has 0 saturated heterocycles. The lowest BCUT2D eigenvalue weighted by molar-refractivity contribution is -0.227. The number of phosphoric ester groups is 2. The van der Waals surface area contributed by atoms with Gasteiger partial charge in [-0.05, 0) is 51.4 Å². The third kappa shape index (κ3) is 72.8. The summed E-state index contributed by atoms with van der Waals surface area (Å²) in [5.41, 5.74) is 0. The molecule has 0 rings (SSSR count). The highest BCUT2D eigenvalue weighted by atomic mass is 31.2. The summed E-state index contributed by atoms with van der Waals surface area (Å²) in [6, 6.07) is -2.86. The zero-order valence-corrected chi connectivity index (χ0v) is 70.9. The van der Waals surface area contributed by atoms with Crippen molar-refractivity contribution >= 4 is 57.0 Å². The van der Waals surface area contributed by atoms with E-state index in [1.165, 1.54) is 116 Å². The van der Waals surface area contributed by atoms with Crippen LogP contribution >= 0.6 is 15.6 Å². The number of ether oxygens (including phenoxy) is 4. The Hall–Kier alpha value is -3.37. The summed E-state index contributed by atoms with van der Waals surface area (Å²) in [5, 5.41) is 10.2. The molecule has 0 spiro atoms. The van der Waals surface area contributed by atoms with Gasteiger partial charge in [-0.15, -0.1) is 0 Å². The molecule has 0 bridgehead atoms. The van der Waals surface area contributed by atoms with E-state index in [1.54, 1.807) is 0 Å². The maximum Gasteiger partial charge on any atom is 0.314 e. The minimum Gasteiger partial charge on any atom is -0.756 e. The number of urea groups is 1. The molecule has 0 heterocycles. The highest BCUT2D eigenvalue weighted by molar-refractivity contribution is 7.46. The number of esters is 2. The second kappa shape index (κ2) is 76.3. The van der Waals surface area contributed by atoms with Gasteiger partial charge in [-0.25, -0.2) is 4.79 Å². The number of nitrogens with one attached hydrogen (secondary N) is 4. The summed E-state index contributed by atoms with van der Waals surface area (Å²) < 4.78 is 70.5. The standard InChI is InChI=1S/C83H160N4O19P2/c1-7-13-19-25-29-33-37-43-47-53-75(88)67-79(90)86-73(69-99-63-59-77(55-49-41-23-17-11-5)105-81(92)57-51-45-39-35-31-27-21-15-9-3)71-103-107(95,96)101-65-61-84-83(94)85-62-66-102-108(97,98)104-72-74(87-80(91)68-76(89)54-48-44-38-34-30-26-20-14-8-2)70-100-64-60-78(56-50-42-24-18-12-6)106-82(93)58-52-46-40-36-32-28-22-16-10-4/h73-74,77-78H,7-72H2,1-6H3,(H,86,90)(H,87,91)(H,95,96)(H,97,98)(H2,84,85,94)/p-2. The van der Waals surface area contributed by atoms with Crippen molar-refractivity contribution in [2.75, 3.05) is 65.9 Å². The largest absolute Gasteiger partial charge is 0.756 e. The van der Waals surface area contributed by atoms with Crippen molar-refractivity contribution in [2.45, 2.75) is 425 Å². The molecule has 4 N–H and O–H groups in total. The quantitative estimate of drug-likeness (QED) is 0.0190. The van der Waals surface area contributed by atoms with Gasteiger partial charge in [0.2, 0.25) is 11.8 Å². The number of rotatable bonds is 84. The molecule has 25 heteroatoms. The van der Waals surface area contributed by atoms with E-state index >= 15 is 0 Å². The summed E-state index contributed by atoms with van der Waals surface area (Å²) in [4.78, 5) is 117. The van der Waals surface area contributed by atoms with Crippen LogP contribution in [0, 0.1) is 0 Å². The van der Waals surface area contributed by atoms with Crippen molar-refractivity contribution in [1.29, 1.82) is 0 Å². The Balaban J connectivity index is 5.68. The molecule has 0 aliphatic rings. The van der Waals surface area contributed by atoms with Crippen LogP contribution in [0.25, 0.3) is 0 Å². The molecule has 23 nitrogen and oxygen atoms in total. The van der Waals surface area contributed by atoms with Crippen LogP contribution in [0.1, 0.15) is 401 Å². The Bertz CT molecular complexity index is 2120. The van der Waals surface area contributed by atoms with E-state index in [1.807, 2.05) is 0 Å². The molecule has 108 heavy (non-hydrogen) atoms. The number of amides is 4. The number of hydrogen-bond acceptors (Lipinski definition) is 19. The van der Waals surface area contributed by atoms with Crippen LogP contribution in [0.4, 0.5) is 4.79 Å². The number of ketones is 2. The predicted octanol–water partition coefficient (Wildman–Crippen LogP) is 19.2. The smallest absolute Gasteiger partial charge is 0.314 e. The Labute approximate surface area is 656 Å². The van der Waals surface area contributed by atoms with Crippen LogP contribution in [-0.4, -0.2) is 132 Å². The van der Waals surface area contributed by atoms with Crippen molar-refractivity contribution in [1.82, 2.24) is 21.3 Å². The first-order valence-corrected chi connectivity index (χ1v) is 46.6. The maximum absolute atomic E-state index is 13.3. The molecule has 6 unspecified atom stereocenters. The van der Waals surface area contributed by atoms with Crippen molar-refractivity contribution in [3.8, 4) is 0 Å². The van der Waals surface area contributed by atoms with Crippen molar-refractivity contribution < 1.29 is 89.5 Å². The molecule has 0 aromatic carbocycles. The second-order valence-corrected chi connectivity index (χ2v) is 32.8. The Morgan fingerprint density at radius 3 is 0.852 bits per heavy atom. The first-order chi connectivity index (χ1) is 52.3. The summed E-state index contributed by atoms with van der Waals surface area (Å²) in [6.45, 7) is 10.0. The Kier molecular flexibility index (Phi) is 73.9. The van der Waals surface area contributed by atoms with E-state index in [-0.39, 0.29) is 88.1 Å². The summed E-state index contributed by atoms with van der Waals surface area (Å²) in [6.07, 6.45) is 51.9. The van der Waals surface area contributed by atoms with Gasteiger partial charge in [0.25, 0.3) is 15.6 Å². The van der Waals surface area contributed by atoms with Gasteiger partial charge in [-0.2, -0.15) is 0 Å². The number of carbonyl (C=O) groups is 7. The maximum atomic E-state index is 13.3. The Morgan fingerprint density at radius 1 is 0.306 bits per heavy atom. The zero-order valence-electron chi connectivity index (χ0n) is 69.1. The van der Waals surface area contributed by atoms with Crippen molar-refractivity contribution in [3.05, 3.63) is 0 Å². The predicted molar refractivity (Wildman–Crippen MR) is 428 cm³/mol. The lowest BCUT2D eigenvalue weighted by Gasteiger charge is -2.26. The SMILES string of the molecule is CCCCCCCCCCCC(=O)CC(=O)NC(COCCC(CCCCCCC)OC(=O)CCCCCCCCCCC)COP(=O)([O-])OCCNC(=O)NCCOP(=O)([O-])OCC(COCCC(CCCCCCC)OC(=O)CCCCCCCCCCC)NC(=O)CC(=O)CCCCCCCCCCC. The third-order valence-corrected chi connectivity index (χ3v) is 21.3. The van der Waals surface area contributed by atoms with Gasteiger partial charge in [0.15, 0.2) is 0 Å². The third-order valence-electron chi connectivity index (χ3n) is 19.3. The van der Waals surface area contributed by atoms with Crippen molar-refractivity contribution in [2.24, 2.45) is 0 Å². The minimum atomic E-state index is -5.06. The zero-order chi connectivity index (χ0) is 79.5. The fraction of sp³-hybridized carbons (Fsp3) is 0.916. The first-order valence-electron chi connectivity index (χ1n) is 43.7. The van der Waals surface area contributed by atoms with Gasteiger partial charge in [-0.3, -0.25) is 37.9 Å². The minimum absolute atomic E-state index is 0.134. The Morgan fingerprint density at radius 2 is 0.565 bits per heavy atom. The molecule has 636 valence electrons. The van der Waals surface area contributed by atoms with Crippen LogP contribution in [0.15, 0.2) is 0 Å². The number of carbonyl (C=O) groups excluding carboxylic acids is 7. The number of hydrogen-bond donors (Lipinski definition) is 4. The van der Waals surface area contributed by atoms with Gasteiger partial charge in [0.1, 0.15) is 23.8 Å². The summed E-state index contributed by atoms with van der Waals surface area (Å²) in [5.74, 6) is -2.19. The molecule has 4 amide bonds. The average molecular weight is 1580 g/mol. The molecule has 0 aromatic heterocycles. The van der Waals surface area contributed by atoms with E-state index in [4.69, 9.17) is 37.0 Å². The van der Waals surface area contributed by atoms with Crippen LogP contribution in [0.3, 0.4) is 0 Å². The van der Waals surface area contributed by atoms with Crippen LogP contribution in [0.5, 0.6) is 0 Å². The van der Waals surface area contributed by atoms with Gasteiger partial charge >= 0.3 is 18.0 Å². The van der Waals surface area contributed by atoms with E-state index < -0.39 is 84.8 Å². The highest BCUT2D eigenvalue weighted by Gasteiger charge is 2.24. The number of phosphoric acid groups is 2. The highest BCUT2D eigenvalue weighted by Crippen LogP contribution is 2.39. The monoisotopic (exact) mass is 1580 g/mol. The topological polar surface area (TPSA) is 322 Å². The van der Waals surface area contributed by atoms with Gasteiger partial charge in [0.05, 0.1) is 77.8 Å². The normalized spacial score (nSPS) is 13.8. The number of unbranched alkanes of at least 4 members (excludes halogenated alkanes) is 40. The molecular weight excluding hydrogens is 1420 g/mol. The van der Waals surface area contributed by atoms with E-state index in [0.717, 1.165) is 167 Å². The summed E-state index contributed by atoms with van der Waals surface area (Å²) >= 11 is 0. The van der Waals surface area contributed by atoms with Crippen LogP contribution in [-0.2, 0) is 74.9 Å². The van der Waals surface area contributed by atoms with Gasteiger partial charge in [-0.1, -0.05) is 298 Å². The molecular formula is C83H158N4O19P2-2. The van der Waals surface area contributed by atoms with E-state index in [2.05, 4.69) is 62.8 Å². The van der Waals surface area contributed by atoms with Crippen molar-refractivity contribution in [3.63, 3.8) is 0 Å². The summed E-state index contributed by atoms with van der Waals surface area (Å²) in [7, 11) is -10.1. The average Bonchev–Trinajstić information content (AvgIpc) is 0.914. The molecule has 0 saturated carbocycles. The lowest BCUT2D eigenvalue weighted by atomic mass is 10.0. The van der Waals surface area contributed by atoms with Crippen LogP contribution in [0.2, 0.25) is 0 Å². The lowest BCUT2D eigenvalue weighted by Crippen LogP contribution is -2.42. The van der Waals surface area contributed by atoms with Gasteiger partial charge < -0.3 is 68.1 Å². The number of Topliss-reactive ketones (excluding diaryl/α,β-unsaturated/α-hetero) is 2. The first kappa shape index (κ1) is 105. The van der Waals surface area contributed by atoms with E-state index in [0.29, 0.717) is 51.4 Å².